The van der Waals surface area contributed by atoms with Crippen LogP contribution in [0.3, 0.4) is 0 Å². The number of amides is 1. The molecule has 2 aromatic carbocycles. The number of nitrogens with one attached hydrogen (secondary N) is 1. The number of rotatable bonds is 4. The number of hydrogen-bond acceptors (Lipinski definition) is 5. The van der Waals surface area contributed by atoms with E-state index < -0.39 is 0 Å². The number of pyridine rings is 1. The maximum Gasteiger partial charge on any atom is 0.266 e. The molecule has 1 N–H and O–H groups in total. The van der Waals surface area contributed by atoms with Gasteiger partial charge in [-0.15, -0.1) is 0 Å². The lowest BCUT2D eigenvalue weighted by Gasteiger charge is -2.27. The summed E-state index contributed by atoms with van der Waals surface area (Å²) in [6, 6.07) is 20.6. The van der Waals surface area contributed by atoms with Gasteiger partial charge in [0.15, 0.2) is 5.76 Å². The van der Waals surface area contributed by atoms with Crippen molar-refractivity contribution in [2.45, 2.75) is 0 Å². The van der Waals surface area contributed by atoms with Crippen LogP contribution in [0.25, 0.3) is 33.7 Å². The van der Waals surface area contributed by atoms with Gasteiger partial charge in [-0.3, -0.25) is 10.2 Å². The van der Waals surface area contributed by atoms with Crippen molar-refractivity contribution in [2.75, 3.05) is 26.3 Å². The molecule has 0 bridgehead atoms. The second kappa shape index (κ2) is 8.51. The van der Waals surface area contributed by atoms with E-state index in [0.29, 0.717) is 54.1 Å². The second-order valence-electron chi connectivity index (χ2n) is 7.26. The SMILES string of the molecule is O=C(NN1CCOCC1)c1cc(-c2ccc(-c3ccccc3Cl)o2)nc2ccccc12. The van der Waals surface area contributed by atoms with Gasteiger partial charge >= 0.3 is 0 Å². The van der Waals surface area contributed by atoms with Gasteiger partial charge in [-0.1, -0.05) is 41.9 Å². The average Bonchev–Trinajstić information content (AvgIpc) is 3.29. The molecular weight excluding hydrogens is 414 g/mol. The van der Waals surface area contributed by atoms with Crippen molar-refractivity contribution >= 4 is 28.4 Å². The lowest BCUT2D eigenvalue weighted by atomic mass is 10.1. The summed E-state index contributed by atoms with van der Waals surface area (Å²) in [4.78, 5) is 17.8. The molecule has 6 nitrogen and oxygen atoms in total. The number of benzene rings is 2. The summed E-state index contributed by atoms with van der Waals surface area (Å²) in [5.74, 6) is 1.04. The van der Waals surface area contributed by atoms with E-state index >= 15 is 0 Å². The number of carbonyl (C=O) groups excluding carboxylic acids is 1. The summed E-state index contributed by atoms with van der Waals surface area (Å²) in [5, 5.41) is 3.28. The fraction of sp³-hybridized carbons (Fsp3) is 0.167. The quantitative estimate of drug-likeness (QED) is 0.501. The third-order valence-electron chi connectivity index (χ3n) is 5.23. The minimum atomic E-state index is -0.181. The molecule has 2 aromatic heterocycles. The van der Waals surface area contributed by atoms with Gasteiger partial charge in [-0.2, -0.15) is 0 Å². The van der Waals surface area contributed by atoms with E-state index in [1.54, 1.807) is 6.07 Å². The van der Waals surface area contributed by atoms with Gasteiger partial charge in [-0.05, 0) is 36.4 Å². The number of hydrazine groups is 1. The Morgan fingerprint density at radius 1 is 0.968 bits per heavy atom. The normalized spacial score (nSPS) is 14.6. The predicted octanol–water partition coefficient (Wildman–Crippen LogP) is 4.79. The Morgan fingerprint density at radius 3 is 2.55 bits per heavy atom. The number of nitrogens with zero attached hydrogens (tertiary/aromatic N) is 2. The fourth-order valence-corrected chi connectivity index (χ4v) is 3.88. The molecule has 156 valence electrons. The number of halogens is 1. The van der Waals surface area contributed by atoms with Crippen LogP contribution in [0.1, 0.15) is 10.4 Å². The van der Waals surface area contributed by atoms with Crippen molar-refractivity contribution in [2.24, 2.45) is 0 Å². The number of hydrogen-bond donors (Lipinski definition) is 1. The van der Waals surface area contributed by atoms with E-state index in [9.17, 15) is 4.79 Å². The van der Waals surface area contributed by atoms with E-state index in [-0.39, 0.29) is 5.91 Å². The zero-order valence-corrected chi connectivity index (χ0v) is 17.4. The first kappa shape index (κ1) is 19.8. The highest BCUT2D eigenvalue weighted by atomic mass is 35.5. The highest BCUT2D eigenvalue weighted by Crippen LogP contribution is 2.33. The molecule has 0 saturated carbocycles. The van der Waals surface area contributed by atoms with Gasteiger partial charge < -0.3 is 9.15 Å². The van der Waals surface area contributed by atoms with Crippen LogP contribution in [0.5, 0.6) is 0 Å². The summed E-state index contributed by atoms with van der Waals surface area (Å²) >= 11 is 6.31. The molecule has 0 unspecified atom stereocenters. The highest BCUT2D eigenvalue weighted by molar-refractivity contribution is 6.33. The Bertz CT molecular complexity index is 1250. The summed E-state index contributed by atoms with van der Waals surface area (Å²) in [5.41, 5.74) is 5.65. The third kappa shape index (κ3) is 4.05. The summed E-state index contributed by atoms with van der Waals surface area (Å²) in [6.07, 6.45) is 0. The van der Waals surface area contributed by atoms with Crippen molar-refractivity contribution in [1.29, 1.82) is 0 Å². The zero-order valence-electron chi connectivity index (χ0n) is 16.7. The average molecular weight is 434 g/mol. The molecule has 31 heavy (non-hydrogen) atoms. The van der Waals surface area contributed by atoms with Gasteiger partial charge in [-0.25, -0.2) is 9.99 Å². The Kier molecular flexibility index (Phi) is 5.42. The van der Waals surface area contributed by atoms with Crippen molar-refractivity contribution in [3.63, 3.8) is 0 Å². The van der Waals surface area contributed by atoms with E-state index in [4.69, 9.17) is 25.7 Å². The summed E-state index contributed by atoms with van der Waals surface area (Å²) < 4.78 is 11.4. The van der Waals surface area contributed by atoms with Crippen molar-refractivity contribution in [1.82, 2.24) is 15.4 Å². The lowest BCUT2D eigenvalue weighted by Crippen LogP contribution is -2.48. The van der Waals surface area contributed by atoms with E-state index in [0.717, 1.165) is 16.5 Å². The first-order chi connectivity index (χ1) is 15.2. The monoisotopic (exact) mass is 433 g/mol. The zero-order chi connectivity index (χ0) is 21.2. The summed E-state index contributed by atoms with van der Waals surface area (Å²) in [6.45, 7) is 2.50. The van der Waals surface area contributed by atoms with Crippen LogP contribution in [0, 0.1) is 0 Å². The topological polar surface area (TPSA) is 67.6 Å². The predicted molar refractivity (Wildman–Crippen MR) is 120 cm³/mol. The molecular formula is C24H20ClN3O3. The second-order valence-corrected chi connectivity index (χ2v) is 7.66. The molecule has 0 spiro atoms. The molecule has 3 heterocycles. The van der Waals surface area contributed by atoms with E-state index in [1.165, 1.54) is 0 Å². The Balaban J connectivity index is 1.53. The molecule has 1 saturated heterocycles. The molecule has 1 aliphatic heterocycles. The van der Waals surface area contributed by atoms with Crippen LogP contribution in [0.4, 0.5) is 0 Å². The Hall–Kier alpha value is -3.19. The number of para-hydroxylation sites is 1. The number of aromatic nitrogens is 1. The number of fused-ring (bicyclic) bond motifs is 1. The maximum atomic E-state index is 13.1. The number of ether oxygens (including phenoxy) is 1. The Labute approximate surface area is 184 Å². The fourth-order valence-electron chi connectivity index (χ4n) is 3.65. The van der Waals surface area contributed by atoms with Gasteiger partial charge in [0.2, 0.25) is 0 Å². The standard InChI is InChI=1S/C24H20ClN3O3/c25-19-7-3-1-6-17(19)22-9-10-23(31-22)21-15-18(16-5-2-4-8-20(16)26-21)24(29)27-28-11-13-30-14-12-28/h1-10,15H,11-14H2,(H,27,29). The molecule has 0 aliphatic carbocycles. The van der Waals surface area contributed by atoms with Crippen LogP contribution >= 0.6 is 11.6 Å². The number of morpholine rings is 1. The smallest absolute Gasteiger partial charge is 0.266 e. The number of furan rings is 1. The summed E-state index contributed by atoms with van der Waals surface area (Å²) in [7, 11) is 0. The molecule has 0 atom stereocenters. The van der Waals surface area contributed by atoms with Crippen molar-refractivity contribution < 1.29 is 13.9 Å². The number of carbonyl (C=O) groups is 1. The van der Waals surface area contributed by atoms with Crippen molar-refractivity contribution in [3.8, 4) is 22.8 Å². The van der Waals surface area contributed by atoms with E-state index in [2.05, 4.69) is 5.43 Å². The van der Waals surface area contributed by atoms with Crippen LogP contribution < -0.4 is 5.43 Å². The first-order valence-corrected chi connectivity index (χ1v) is 10.5. The maximum absolute atomic E-state index is 13.1. The molecule has 0 radical (unpaired) electrons. The molecule has 1 fully saturated rings. The van der Waals surface area contributed by atoms with Gasteiger partial charge in [0.1, 0.15) is 11.5 Å². The van der Waals surface area contributed by atoms with E-state index in [1.807, 2.05) is 65.7 Å². The minimum Gasteiger partial charge on any atom is -0.454 e. The van der Waals surface area contributed by atoms with Crippen LogP contribution in [-0.2, 0) is 4.74 Å². The van der Waals surface area contributed by atoms with Crippen molar-refractivity contribution in [3.05, 3.63) is 77.3 Å². The highest BCUT2D eigenvalue weighted by Gasteiger charge is 2.19. The lowest BCUT2D eigenvalue weighted by molar-refractivity contribution is 0.0127. The van der Waals surface area contributed by atoms with Crippen LogP contribution in [0.15, 0.2) is 71.1 Å². The first-order valence-electron chi connectivity index (χ1n) is 10.1. The van der Waals surface area contributed by atoms with Gasteiger partial charge in [0, 0.05) is 24.0 Å². The molecule has 1 amide bonds. The Morgan fingerprint density at radius 2 is 1.71 bits per heavy atom. The molecule has 1 aliphatic rings. The third-order valence-corrected chi connectivity index (χ3v) is 5.56. The molecule has 5 rings (SSSR count). The minimum absolute atomic E-state index is 0.181. The van der Waals surface area contributed by atoms with Crippen LogP contribution in [0.2, 0.25) is 5.02 Å². The molecule has 7 heteroatoms. The van der Waals surface area contributed by atoms with Gasteiger partial charge in [0.25, 0.3) is 5.91 Å². The van der Waals surface area contributed by atoms with Gasteiger partial charge in [0.05, 0.1) is 29.3 Å². The molecule has 4 aromatic rings. The van der Waals surface area contributed by atoms with Crippen LogP contribution in [-0.4, -0.2) is 42.2 Å². The largest absolute Gasteiger partial charge is 0.454 e.